The minimum atomic E-state index is -0.846. The molecule has 2 aliphatic rings. The summed E-state index contributed by atoms with van der Waals surface area (Å²) in [4.78, 5) is 19.6. The molecule has 2 atom stereocenters. The Kier molecular flexibility index (Phi) is 4.33. The summed E-state index contributed by atoms with van der Waals surface area (Å²) in [6.07, 6.45) is 1.61. The Morgan fingerprint density at radius 3 is 3.00 bits per heavy atom. The molecular formula is C16H21F2N3O2. The lowest BCUT2D eigenvalue weighted by Gasteiger charge is -2.30. The van der Waals surface area contributed by atoms with Gasteiger partial charge in [-0.15, -0.1) is 0 Å². The monoisotopic (exact) mass is 325 g/mol. The largest absolute Gasteiger partial charge is 0.384 e. The third kappa shape index (κ3) is 2.95. The lowest BCUT2D eigenvalue weighted by atomic mass is 9.77. The van der Waals surface area contributed by atoms with Gasteiger partial charge in [0.1, 0.15) is 0 Å². The maximum atomic E-state index is 13.8. The van der Waals surface area contributed by atoms with E-state index < -0.39 is 17.7 Å². The number of likely N-dealkylation sites (tertiary alicyclic amines) is 2. The minimum Gasteiger partial charge on any atom is -0.384 e. The predicted molar refractivity (Wildman–Crippen MR) is 80.0 cm³/mol. The summed E-state index contributed by atoms with van der Waals surface area (Å²) in [5.41, 5.74) is -0.271. The van der Waals surface area contributed by atoms with Crippen molar-refractivity contribution in [3.63, 3.8) is 0 Å². The zero-order valence-electron chi connectivity index (χ0n) is 13.4. The maximum absolute atomic E-state index is 13.8. The molecule has 0 saturated carbocycles. The van der Waals surface area contributed by atoms with Crippen molar-refractivity contribution in [2.75, 3.05) is 46.9 Å². The number of hydrogen-bond acceptors (Lipinski definition) is 4. The lowest BCUT2D eigenvalue weighted by molar-refractivity contribution is 0.0711. The van der Waals surface area contributed by atoms with Crippen LogP contribution < -0.4 is 0 Å². The number of carbonyl (C=O) groups excluding carboxylic acids is 1. The molecule has 1 spiro atoms. The highest BCUT2D eigenvalue weighted by Gasteiger charge is 2.50. The Morgan fingerprint density at radius 1 is 1.48 bits per heavy atom. The normalized spacial score (nSPS) is 28.0. The van der Waals surface area contributed by atoms with Gasteiger partial charge in [0, 0.05) is 50.7 Å². The van der Waals surface area contributed by atoms with E-state index in [0.29, 0.717) is 25.6 Å². The number of methoxy groups -OCH3 is 1. The van der Waals surface area contributed by atoms with E-state index in [2.05, 4.69) is 16.9 Å². The van der Waals surface area contributed by atoms with Gasteiger partial charge >= 0.3 is 0 Å². The van der Waals surface area contributed by atoms with E-state index in [-0.39, 0.29) is 11.0 Å². The molecule has 0 bridgehead atoms. The van der Waals surface area contributed by atoms with Gasteiger partial charge in [0.05, 0.1) is 18.4 Å². The number of pyridine rings is 1. The average molecular weight is 325 g/mol. The first-order chi connectivity index (χ1) is 10.9. The van der Waals surface area contributed by atoms with Gasteiger partial charge in [0.15, 0.2) is 5.82 Å². The Bertz CT molecular complexity index is 613. The molecule has 0 radical (unpaired) electrons. The molecule has 0 unspecified atom stereocenters. The van der Waals surface area contributed by atoms with Crippen molar-refractivity contribution in [1.82, 2.24) is 14.8 Å². The molecule has 0 N–H and O–H groups in total. The first kappa shape index (κ1) is 16.3. The van der Waals surface area contributed by atoms with Crippen molar-refractivity contribution in [1.29, 1.82) is 0 Å². The van der Waals surface area contributed by atoms with Crippen LogP contribution in [0, 0.1) is 23.1 Å². The fourth-order valence-corrected chi connectivity index (χ4v) is 4.01. The van der Waals surface area contributed by atoms with Crippen LogP contribution in [0.2, 0.25) is 0 Å². The molecule has 1 aromatic rings. The van der Waals surface area contributed by atoms with Crippen LogP contribution in [0.1, 0.15) is 16.8 Å². The van der Waals surface area contributed by atoms with Crippen LogP contribution >= 0.6 is 0 Å². The molecule has 2 saturated heterocycles. The lowest BCUT2D eigenvalue weighted by Crippen LogP contribution is -2.38. The molecule has 1 amide bonds. The van der Waals surface area contributed by atoms with Crippen molar-refractivity contribution >= 4 is 5.91 Å². The van der Waals surface area contributed by atoms with Crippen LogP contribution in [-0.2, 0) is 4.74 Å². The van der Waals surface area contributed by atoms with Crippen molar-refractivity contribution in [2.45, 2.75) is 6.42 Å². The van der Waals surface area contributed by atoms with Gasteiger partial charge in [0.25, 0.3) is 5.91 Å². The third-order valence-electron chi connectivity index (χ3n) is 5.08. The summed E-state index contributed by atoms with van der Waals surface area (Å²) in [5, 5.41) is 0. The molecule has 1 aromatic heterocycles. The number of aromatic nitrogens is 1. The van der Waals surface area contributed by atoms with Crippen LogP contribution in [0.3, 0.4) is 0 Å². The van der Waals surface area contributed by atoms with Crippen molar-refractivity contribution in [3.05, 3.63) is 29.6 Å². The number of ether oxygens (including phenoxy) is 1. The second-order valence-corrected chi connectivity index (χ2v) is 6.67. The number of amides is 1. The molecule has 0 aliphatic carbocycles. The van der Waals surface area contributed by atoms with Gasteiger partial charge < -0.3 is 14.5 Å². The summed E-state index contributed by atoms with van der Waals surface area (Å²) in [5.74, 6) is -1.75. The summed E-state index contributed by atoms with van der Waals surface area (Å²) in [6.45, 7) is 3.56. The molecule has 2 fully saturated rings. The van der Waals surface area contributed by atoms with Crippen LogP contribution in [0.25, 0.3) is 0 Å². The second-order valence-electron chi connectivity index (χ2n) is 6.67. The van der Waals surface area contributed by atoms with E-state index in [1.54, 1.807) is 12.0 Å². The van der Waals surface area contributed by atoms with E-state index in [4.69, 9.17) is 4.74 Å². The Balaban J connectivity index is 1.79. The van der Waals surface area contributed by atoms with Gasteiger partial charge in [-0.2, -0.15) is 4.39 Å². The van der Waals surface area contributed by atoms with Crippen molar-refractivity contribution in [3.8, 4) is 0 Å². The SMILES string of the molecule is COC[C@@H]1CN(C)C[C@@]12CCN(C(=O)c1cc(F)ncc1F)C2. The summed E-state index contributed by atoms with van der Waals surface area (Å²) < 4.78 is 32.4. The van der Waals surface area contributed by atoms with Gasteiger partial charge in [-0.3, -0.25) is 4.79 Å². The van der Waals surface area contributed by atoms with Crippen LogP contribution in [0.4, 0.5) is 8.78 Å². The molecular weight excluding hydrogens is 304 g/mol. The molecule has 7 heteroatoms. The molecule has 126 valence electrons. The maximum Gasteiger partial charge on any atom is 0.257 e. The molecule has 3 heterocycles. The van der Waals surface area contributed by atoms with E-state index in [0.717, 1.165) is 31.8 Å². The van der Waals surface area contributed by atoms with Crippen molar-refractivity contribution in [2.24, 2.45) is 11.3 Å². The molecule has 3 rings (SSSR count). The van der Waals surface area contributed by atoms with Crippen LogP contribution in [0.5, 0.6) is 0 Å². The number of nitrogens with zero attached hydrogens (tertiary/aromatic N) is 3. The molecule has 2 aliphatic heterocycles. The summed E-state index contributed by atoms with van der Waals surface area (Å²) in [7, 11) is 3.73. The topological polar surface area (TPSA) is 45.7 Å². The van der Waals surface area contributed by atoms with Gasteiger partial charge in [0.2, 0.25) is 5.95 Å². The number of hydrogen-bond donors (Lipinski definition) is 0. The fourth-order valence-electron chi connectivity index (χ4n) is 4.01. The summed E-state index contributed by atoms with van der Waals surface area (Å²) in [6, 6.07) is 0.871. The van der Waals surface area contributed by atoms with E-state index in [1.807, 2.05) is 0 Å². The smallest absolute Gasteiger partial charge is 0.257 e. The Morgan fingerprint density at radius 2 is 2.26 bits per heavy atom. The van der Waals surface area contributed by atoms with E-state index >= 15 is 0 Å². The number of rotatable bonds is 3. The van der Waals surface area contributed by atoms with E-state index in [9.17, 15) is 13.6 Å². The summed E-state index contributed by atoms with van der Waals surface area (Å²) >= 11 is 0. The van der Waals surface area contributed by atoms with Gasteiger partial charge in [-0.05, 0) is 13.5 Å². The number of halogens is 2. The third-order valence-corrected chi connectivity index (χ3v) is 5.08. The highest BCUT2D eigenvalue weighted by atomic mass is 19.1. The highest BCUT2D eigenvalue weighted by Crippen LogP contribution is 2.43. The standard InChI is InChI=1S/C16H21F2N3O2/c1-20-7-11(8-23-2)16(9-20)3-4-21(10-16)15(22)12-5-14(18)19-6-13(12)17/h5-6,11H,3-4,7-10H2,1-2H3/t11-,16+/m0/s1. The van der Waals surface area contributed by atoms with Gasteiger partial charge in [-0.1, -0.05) is 0 Å². The molecule has 5 nitrogen and oxygen atoms in total. The second kappa shape index (κ2) is 6.13. The Hall–Kier alpha value is -1.60. The number of carbonyl (C=O) groups is 1. The average Bonchev–Trinajstić information content (AvgIpc) is 3.06. The fraction of sp³-hybridized carbons (Fsp3) is 0.625. The minimum absolute atomic E-state index is 0.0253. The van der Waals surface area contributed by atoms with Crippen LogP contribution in [-0.4, -0.2) is 67.6 Å². The first-order valence-corrected chi connectivity index (χ1v) is 7.73. The van der Waals surface area contributed by atoms with Crippen molar-refractivity contribution < 1.29 is 18.3 Å². The van der Waals surface area contributed by atoms with E-state index in [1.165, 1.54) is 0 Å². The molecule has 23 heavy (non-hydrogen) atoms. The predicted octanol–water partition coefficient (Wildman–Crippen LogP) is 1.40. The van der Waals surface area contributed by atoms with Gasteiger partial charge in [-0.25, -0.2) is 9.37 Å². The zero-order valence-corrected chi connectivity index (χ0v) is 13.4. The highest BCUT2D eigenvalue weighted by molar-refractivity contribution is 5.94. The first-order valence-electron chi connectivity index (χ1n) is 7.73. The molecule has 0 aromatic carbocycles. The van der Waals surface area contributed by atoms with Crippen LogP contribution in [0.15, 0.2) is 12.3 Å². The zero-order chi connectivity index (χ0) is 16.6. The Labute approximate surface area is 134 Å². The quantitative estimate of drug-likeness (QED) is 0.788.